The monoisotopic (exact) mass is 948 g/mol. The molecule has 7 aromatic carbocycles. The van der Waals surface area contributed by atoms with E-state index in [9.17, 15) is 0 Å². The molecule has 0 saturated carbocycles. The molecule has 3 nitrogen and oxygen atoms in total. The third kappa shape index (κ3) is 7.95. The van der Waals surface area contributed by atoms with Crippen molar-refractivity contribution in [3.63, 3.8) is 0 Å². The van der Waals surface area contributed by atoms with Crippen molar-refractivity contribution in [3.05, 3.63) is 191 Å². The maximum absolute atomic E-state index is 2.76. The lowest BCUT2D eigenvalue weighted by molar-refractivity contribution is 0.339. The number of thiophene rings is 1. The van der Waals surface area contributed by atoms with Crippen LogP contribution in [0.3, 0.4) is 0 Å². The predicted molar refractivity (Wildman–Crippen MR) is 310 cm³/mol. The van der Waals surface area contributed by atoms with Gasteiger partial charge in [-0.25, -0.2) is 0 Å². The molecule has 0 N–H and O–H groups in total. The van der Waals surface area contributed by atoms with Crippen LogP contribution in [0, 0.1) is 0 Å². The molecule has 0 atom stereocenters. The Bertz CT molecular complexity index is 3270. The molecule has 0 spiro atoms. The van der Waals surface area contributed by atoms with Crippen LogP contribution < -0.4 is 30.4 Å². The van der Waals surface area contributed by atoms with Crippen LogP contribution in [0.1, 0.15) is 130 Å². The van der Waals surface area contributed by atoms with Gasteiger partial charge in [0.15, 0.2) is 0 Å². The average Bonchev–Trinajstić information content (AvgIpc) is 3.76. The minimum atomic E-state index is -0.0604. The van der Waals surface area contributed by atoms with Crippen molar-refractivity contribution in [3.8, 4) is 11.1 Å². The zero-order chi connectivity index (χ0) is 50.0. The number of para-hydroxylation sites is 2. The molecule has 2 aliphatic heterocycles. The Labute approximate surface area is 429 Å². The van der Waals surface area contributed by atoms with Gasteiger partial charge in [0.1, 0.15) is 0 Å². The normalized spacial score (nSPS) is 15.7. The number of rotatable bonds is 6. The van der Waals surface area contributed by atoms with Crippen molar-refractivity contribution in [2.45, 2.75) is 130 Å². The van der Waals surface area contributed by atoms with Gasteiger partial charge in [-0.3, -0.25) is 0 Å². The third-order valence-electron chi connectivity index (χ3n) is 15.9. The quantitative estimate of drug-likeness (QED) is 0.154. The third-order valence-corrected chi connectivity index (χ3v) is 17.5. The summed E-state index contributed by atoms with van der Waals surface area (Å²) in [5.74, 6) is 0. The van der Waals surface area contributed by atoms with Gasteiger partial charge in [-0.2, -0.15) is 11.3 Å². The molecular formula is C66H70BN3S. The van der Waals surface area contributed by atoms with Crippen molar-refractivity contribution >= 4 is 84.9 Å². The first-order valence-corrected chi connectivity index (χ1v) is 26.7. The molecule has 5 heteroatoms. The summed E-state index contributed by atoms with van der Waals surface area (Å²) < 4.78 is 1.46. The highest BCUT2D eigenvalue weighted by Crippen LogP contribution is 2.58. The van der Waals surface area contributed by atoms with E-state index in [1.165, 1.54) is 82.4 Å². The summed E-state index contributed by atoms with van der Waals surface area (Å²) in [6.07, 6.45) is 2.28. The Morgan fingerprint density at radius 3 is 1.54 bits per heavy atom. The molecule has 3 heterocycles. The van der Waals surface area contributed by atoms with E-state index in [0.29, 0.717) is 0 Å². The highest BCUT2D eigenvalue weighted by Gasteiger charge is 2.51. The lowest BCUT2D eigenvalue weighted by Gasteiger charge is -2.46. The standard InChI is InChI=1S/C66H70BN3S/c1-62(2,3)44-29-33-49(34-30-44)69-54-36-32-46(64(7,8)9)40-52(54)67-58-55(69)41-50(68(47-25-19-15-20-26-47)48-27-21-16-22-28-48)42-56(58)70(59-57-60(71-61(59)67)66(12,13)38-37-65(57,10)11)53-35-31-45(63(4,5)6)39-51(53)43-23-17-14-18-24-43/h14-36,39-42H,37-38H2,1-13H3. The molecule has 0 fully saturated rings. The van der Waals surface area contributed by atoms with E-state index in [0.717, 1.165) is 35.6 Å². The van der Waals surface area contributed by atoms with Crippen molar-refractivity contribution in [2.75, 3.05) is 14.7 Å². The topological polar surface area (TPSA) is 9.72 Å². The second-order valence-corrected chi connectivity index (χ2v) is 26.0. The molecule has 1 aromatic heterocycles. The Hall–Kier alpha value is -6.30. The van der Waals surface area contributed by atoms with E-state index in [2.05, 4.69) is 280 Å². The minimum Gasteiger partial charge on any atom is -0.311 e. The van der Waals surface area contributed by atoms with Crippen molar-refractivity contribution in [1.82, 2.24) is 0 Å². The number of nitrogens with zero attached hydrogens (tertiary/aromatic N) is 3. The van der Waals surface area contributed by atoms with E-state index >= 15 is 0 Å². The Balaban J connectivity index is 1.33. The van der Waals surface area contributed by atoms with Gasteiger partial charge in [0, 0.05) is 49.3 Å². The number of benzene rings is 7. The number of hydrogen-bond donors (Lipinski definition) is 0. The summed E-state index contributed by atoms with van der Waals surface area (Å²) in [6.45, 7) is 31.1. The molecule has 0 radical (unpaired) electrons. The molecule has 0 saturated heterocycles. The van der Waals surface area contributed by atoms with Crippen molar-refractivity contribution in [2.24, 2.45) is 0 Å². The SMILES string of the molecule is CC(C)(C)c1ccc(N2c3ccc(C(C)(C)C)cc3B3c4sc5c(c4N(c4ccc(C(C)(C)C)cc4-c4ccccc4)c4cc(N(c6ccccc6)c6ccccc6)cc2c43)C(C)(C)CCC5(C)C)cc1. The molecule has 8 aromatic rings. The van der Waals surface area contributed by atoms with Gasteiger partial charge in [-0.1, -0.05) is 187 Å². The lowest BCUT2D eigenvalue weighted by atomic mass is 9.35. The van der Waals surface area contributed by atoms with Crippen molar-refractivity contribution < 1.29 is 0 Å². The van der Waals surface area contributed by atoms with Gasteiger partial charge in [0.25, 0.3) is 6.71 Å². The van der Waals surface area contributed by atoms with Crippen LogP contribution in [0.4, 0.5) is 51.2 Å². The fourth-order valence-corrected chi connectivity index (χ4v) is 13.4. The van der Waals surface area contributed by atoms with Gasteiger partial charge >= 0.3 is 0 Å². The second-order valence-electron chi connectivity index (χ2n) is 25.0. The summed E-state index contributed by atoms with van der Waals surface area (Å²) in [4.78, 5) is 9.37. The lowest BCUT2D eigenvalue weighted by Crippen LogP contribution is -2.61. The van der Waals surface area contributed by atoms with Gasteiger partial charge in [0.05, 0.1) is 17.1 Å². The smallest absolute Gasteiger partial charge is 0.264 e. The molecule has 3 aliphatic rings. The molecule has 11 rings (SSSR count). The molecule has 0 bridgehead atoms. The fraction of sp³-hybridized carbons (Fsp3) is 0.303. The zero-order valence-corrected chi connectivity index (χ0v) is 45.1. The van der Waals surface area contributed by atoms with Gasteiger partial charge in [-0.05, 0) is 145 Å². The summed E-state index contributed by atoms with van der Waals surface area (Å²) >= 11 is 2.11. The van der Waals surface area contributed by atoms with E-state index in [1.807, 2.05) is 0 Å². The molecule has 0 amide bonds. The predicted octanol–water partition coefficient (Wildman–Crippen LogP) is 17.2. The van der Waals surface area contributed by atoms with Gasteiger partial charge in [0.2, 0.25) is 0 Å². The first-order valence-electron chi connectivity index (χ1n) is 25.9. The van der Waals surface area contributed by atoms with E-state index in [1.54, 1.807) is 0 Å². The highest BCUT2D eigenvalue weighted by atomic mass is 32.1. The maximum Gasteiger partial charge on any atom is 0.264 e. The molecule has 0 unspecified atom stereocenters. The summed E-state index contributed by atoms with van der Waals surface area (Å²) in [6, 6.07) is 62.4. The number of anilines is 9. The van der Waals surface area contributed by atoms with Crippen LogP contribution in [0.5, 0.6) is 0 Å². The van der Waals surface area contributed by atoms with Crippen LogP contribution in [0.2, 0.25) is 0 Å². The summed E-state index contributed by atoms with van der Waals surface area (Å²) in [5, 5.41) is 0. The van der Waals surface area contributed by atoms with Crippen LogP contribution >= 0.6 is 11.3 Å². The second kappa shape index (κ2) is 16.6. The number of fused-ring (bicyclic) bond motifs is 6. The fourth-order valence-electron chi connectivity index (χ4n) is 11.6. The summed E-state index contributed by atoms with van der Waals surface area (Å²) in [7, 11) is 0. The molecule has 71 heavy (non-hydrogen) atoms. The highest BCUT2D eigenvalue weighted by molar-refractivity contribution is 7.29. The molecule has 358 valence electrons. The molecular weight excluding hydrogens is 878 g/mol. The van der Waals surface area contributed by atoms with E-state index < -0.39 is 0 Å². The van der Waals surface area contributed by atoms with Crippen LogP contribution in [-0.4, -0.2) is 6.71 Å². The Morgan fingerprint density at radius 1 is 0.479 bits per heavy atom. The van der Waals surface area contributed by atoms with Gasteiger partial charge in [-0.15, -0.1) is 0 Å². The van der Waals surface area contributed by atoms with Crippen LogP contribution in [-0.2, 0) is 27.1 Å². The first kappa shape index (κ1) is 47.1. The first-order chi connectivity index (χ1) is 33.6. The van der Waals surface area contributed by atoms with Gasteiger partial charge < -0.3 is 14.7 Å². The number of hydrogen-bond acceptors (Lipinski definition) is 4. The Morgan fingerprint density at radius 2 is 0.972 bits per heavy atom. The average molecular weight is 948 g/mol. The summed E-state index contributed by atoms with van der Waals surface area (Å²) in [5.41, 5.74) is 21.4. The Kier molecular flexibility index (Phi) is 11.0. The minimum absolute atomic E-state index is 0.000762. The molecule has 1 aliphatic carbocycles. The largest absolute Gasteiger partial charge is 0.311 e. The van der Waals surface area contributed by atoms with E-state index in [-0.39, 0.29) is 33.8 Å². The zero-order valence-electron chi connectivity index (χ0n) is 44.3. The maximum atomic E-state index is 2.76. The van der Waals surface area contributed by atoms with Crippen LogP contribution in [0.15, 0.2) is 164 Å². The van der Waals surface area contributed by atoms with Crippen molar-refractivity contribution in [1.29, 1.82) is 0 Å². The van der Waals surface area contributed by atoms with E-state index in [4.69, 9.17) is 0 Å². The van der Waals surface area contributed by atoms with Crippen LogP contribution in [0.25, 0.3) is 11.1 Å².